The molecular formula is C24H30F6N4O6. The number of aliphatic carboxylic acids is 2. The van der Waals surface area contributed by atoms with Gasteiger partial charge in [0.05, 0.1) is 36.8 Å². The Morgan fingerprint density at radius 3 is 2.15 bits per heavy atom. The summed E-state index contributed by atoms with van der Waals surface area (Å²) in [6.07, 6.45) is -4.09. The summed E-state index contributed by atoms with van der Waals surface area (Å²) >= 11 is 0. The van der Waals surface area contributed by atoms with Gasteiger partial charge in [0.15, 0.2) is 0 Å². The minimum absolute atomic E-state index is 0.287. The molecule has 40 heavy (non-hydrogen) atoms. The van der Waals surface area contributed by atoms with Crippen LogP contribution in [0.4, 0.5) is 26.3 Å². The van der Waals surface area contributed by atoms with E-state index in [4.69, 9.17) is 34.3 Å². The van der Waals surface area contributed by atoms with Crippen LogP contribution in [0.1, 0.15) is 43.0 Å². The molecule has 1 atom stereocenters. The molecule has 0 amide bonds. The van der Waals surface area contributed by atoms with Gasteiger partial charge in [0, 0.05) is 39.0 Å². The van der Waals surface area contributed by atoms with Crippen LogP contribution in [0.3, 0.4) is 0 Å². The lowest BCUT2D eigenvalue weighted by Gasteiger charge is -2.34. The summed E-state index contributed by atoms with van der Waals surface area (Å²) in [6.45, 7) is 8.29. The van der Waals surface area contributed by atoms with Crippen molar-refractivity contribution in [2.75, 3.05) is 26.4 Å². The van der Waals surface area contributed by atoms with E-state index in [-0.39, 0.29) is 6.04 Å². The van der Waals surface area contributed by atoms with Crippen molar-refractivity contribution in [3.63, 3.8) is 0 Å². The van der Waals surface area contributed by atoms with Crippen LogP contribution in [0, 0.1) is 5.92 Å². The molecule has 2 aliphatic heterocycles. The van der Waals surface area contributed by atoms with Crippen LogP contribution in [0.2, 0.25) is 0 Å². The smallest absolute Gasteiger partial charge is 0.475 e. The molecule has 224 valence electrons. The highest BCUT2D eigenvalue weighted by atomic mass is 19.4. The zero-order valence-electron chi connectivity index (χ0n) is 21.5. The number of imidazole rings is 1. The lowest BCUT2D eigenvalue weighted by atomic mass is 10.0. The number of halogens is 6. The normalized spacial score (nSPS) is 18.0. The fourth-order valence-corrected chi connectivity index (χ4v) is 3.88. The predicted octanol–water partition coefficient (Wildman–Crippen LogP) is 4.06. The van der Waals surface area contributed by atoms with Gasteiger partial charge in [-0.25, -0.2) is 14.6 Å². The number of aromatic nitrogens is 3. The van der Waals surface area contributed by atoms with E-state index < -0.39 is 24.3 Å². The lowest BCUT2D eigenvalue weighted by molar-refractivity contribution is -0.193. The second-order valence-electron chi connectivity index (χ2n) is 8.90. The molecule has 1 fully saturated rings. The summed E-state index contributed by atoms with van der Waals surface area (Å²) < 4.78 is 77.2. The molecule has 0 aromatic carbocycles. The molecule has 0 saturated carbocycles. The lowest BCUT2D eigenvalue weighted by Crippen LogP contribution is -2.37. The number of rotatable bonds is 6. The summed E-state index contributed by atoms with van der Waals surface area (Å²) in [5, 5.41) is 14.2. The van der Waals surface area contributed by atoms with Crippen LogP contribution in [0.25, 0.3) is 0 Å². The van der Waals surface area contributed by atoms with Gasteiger partial charge >= 0.3 is 24.3 Å². The van der Waals surface area contributed by atoms with Crippen molar-refractivity contribution in [1.82, 2.24) is 19.4 Å². The standard InChI is InChI=1S/C20H28N4O2.2C2HF3O2/c1-16-20-22-12-19(15-26-14-17-5-10-25-11-6-17)24(20)9-8-23(16)13-18-4-2-3-7-21-18;2*3-2(4,5)1(6)7/h2-4,7,12,16-17H,5-6,8-11,13-15H2,1H3;2*(H,6,7). The third kappa shape index (κ3) is 10.7. The number of nitrogens with zero attached hydrogens (tertiary/aromatic N) is 4. The Labute approximate surface area is 225 Å². The van der Waals surface area contributed by atoms with Crippen molar-refractivity contribution in [3.8, 4) is 0 Å². The molecule has 16 heteroatoms. The molecule has 0 spiro atoms. The first-order valence-electron chi connectivity index (χ1n) is 12.1. The number of hydrogen-bond acceptors (Lipinski definition) is 7. The molecule has 0 radical (unpaired) electrons. The third-order valence-electron chi connectivity index (χ3n) is 6.02. The minimum Gasteiger partial charge on any atom is -0.475 e. The van der Waals surface area contributed by atoms with Crippen molar-refractivity contribution >= 4 is 11.9 Å². The van der Waals surface area contributed by atoms with Gasteiger partial charge in [-0.2, -0.15) is 26.3 Å². The Balaban J connectivity index is 0.000000333. The minimum atomic E-state index is -5.08. The Hall–Kier alpha value is -3.24. The molecule has 1 unspecified atom stereocenters. The zero-order chi connectivity index (χ0) is 29.9. The first kappa shape index (κ1) is 33.0. The van der Waals surface area contributed by atoms with E-state index in [1.54, 1.807) is 0 Å². The Kier molecular flexibility index (Phi) is 12.3. The van der Waals surface area contributed by atoms with Gasteiger partial charge in [0.25, 0.3) is 0 Å². The van der Waals surface area contributed by atoms with Crippen molar-refractivity contribution in [2.45, 2.75) is 57.9 Å². The van der Waals surface area contributed by atoms with E-state index in [1.165, 1.54) is 5.69 Å². The molecule has 2 N–H and O–H groups in total. The van der Waals surface area contributed by atoms with E-state index in [0.717, 1.165) is 63.8 Å². The number of carboxylic acids is 2. The molecule has 0 aliphatic carbocycles. The Bertz CT molecular complexity index is 1050. The predicted molar refractivity (Wildman–Crippen MR) is 126 cm³/mol. The molecular weight excluding hydrogens is 554 g/mol. The van der Waals surface area contributed by atoms with Crippen molar-refractivity contribution < 1.29 is 55.6 Å². The topological polar surface area (TPSA) is 127 Å². The average Bonchev–Trinajstić information content (AvgIpc) is 3.30. The molecule has 1 saturated heterocycles. The summed E-state index contributed by atoms with van der Waals surface area (Å²) in [4.78, 5) is 29.4. The average molecular weight is 585 g/mol. The van der Waals surface area contributed by atoms with Crippen molar-refractivity contribution in [1.29, 1.82) is 0 Å². The van der Waals surface area contributed by atoms with Gasteiger partial charge in [-0.1, -0.05) is 6.07 Å². The third-order valence-corrected chi connectivity index (χ3v) is 6.02. The maximum atomic E-state index is 10.6. The second-order valence-corrected chi connectivity index (χ2v) is 8.90. The number of carboxylic acid groups (broad SMARTS) is 2. The summed E-state index contributed by atoms with van der Waals surface area (Å²) in [7, 11) is 0. The maximum absolute atomic E-state index is 10.6. The molecule has 2 aromatic rings. The van der Waals surface area contributed by atoms with Crippen molar-refractivity contribution in [2.24, 2.45) is 5.92 Å². The van der Waals surface area contributed by atoms with Crippen LogP contribution < -0.4 is 0 Å². The van der Waals surface area contributed by atoms with Crippen LogP contribution in [0.5, 0.6) is 0 Å². The fourth-order valence-electron chi connectivity index (χ4n) is 3.88. The zero-order valence-corrected chi connectivity index (χ0v) is 21.5. The van der Waals surface area contributed by atoms with Crippen LogP contribution in [0.15, 0.2) is 30.6 Å². The van der Waals surface area contributed by atoms with Gasteiger partial charge in [-0.05, 0) is 37.8 Å². The first-order valence-corrected chi connectivity index (χ1v) is 12.1. The van der Waals surface area contributed by atoms with E-state index >= 15 is 0 Å². The SMILES string of the molecule is CC1c2ncc(COCC3CCOCC3)n2CCN1Cc1ccccn1.O=C(O)C(F)(F)F.O=C(O)C(F)(F)F. The fraction of sp³-hybridized carbons (Fsp3) is 0.583. The van der Waals surface area contributed by atoms with E-state index in [9.17, 15) is 26.3 Å². The number of pyridine rings is 1. The largest absolute Gasteiger partial charge is 0.490 e. The molecule has 4 heterocycles. The van der Waals surface area contributed by atoms with Crippen LogP contribution >= 0.6 is 0 Å². The highest BCUT2D eigenvalue weighted by molar-refractivity contribution is 5.73. The first-order chi connectivity index (χ1) is 18.7. The number of hydrogen-bond donors (Lipinski definition) is 2. The molecule has 2 aliphatic rings. The van der Waals surface area contributed by atoms with Gasteiger partial charge in [-0.15, -0.1) is 0 Å². The van der Waals surface area contributed by atoms with E-state index in [0.29, 0.717) is 12.5 Å². The van der Waals surface area contributed by atoms with Gasteiger partial charge in [0.1, 0.15) is 5.82 Å². The Morgan fingerprint density at radius 2 is 1.62 bits per heavy atom. The number of ether oxygens (including phenoxy) is 2. The molecule has 4 rings (SSSR count). The summed E-state index contributed by atoms with van der Waals surface area (Å²) in [5.74, 6) is -3.74. The van der Waals surface area contributed by atoms with Crippen LogP contribution in [-0.4, -0.2) is 80.3 Å². The summed E-state index contributed by atoms with van der Waals surface area (Å²) in [5.41, 5.74) is 2.30. The summed E-state index contributed by atoms with van der Waals surface area (Å²) in [6, 6.07) is 6.38. The van der Waals surface area contributed by atoms with Crippen molar-refractivity contribution in [3.05, 3.63) is 47.8 Å². The number of fused-ring (bicyclic) bond motifs is 1. The number of alkyl halides is 6. The quantitative estimate of drug-likeness (QED) is 0.484. The molecule has 2 aromatic heterocycles. The monoisotopic (exact) mass is 584 g/mol. The van der Waals surface area contributed by atoms with E-state index in [1.807, 2.05) is 24.5 Å². The molecule has 0 bridgehead atoms. The highest BCUT2D eigenvalue weighted by Gasteiger charge is 2.39. The van der Waals surface area contributed by atoms with E-state index in [2.05, 4.69) is 27.4 Å². The highest BCUT2D eigenvalue weighted by Crippen LogP contribution is 2.27. The van der Waals surface area contributed by atoms with Crippen LogP contribution in [-0.2, 0) is 38.8 Å². The van der Waals surface area contributed by atoms with Gasteiger partial charge in [-0.3, -0.25) is 9.88 Å². The second kappa shape index (κ2) is 14.9. The Morgan fingerprint density at radius 1 is 1.02 bits per heavy atom. The van der Waals surface area contributed by atoms with Gasteiger partial charge < -0.3 is 24.3 Å². The molecule has 10 nitrogen and oxygen atoms in total. The van der Waals surface area contributed by atoms with Gasteiger partial charge in [0.2, 0.25) is 0 Å². The number of carbonyl (C=O) groups is 2. The maximum Gasteiger partial charge on any atom is 0.490 e.